The number of urea groups is 1. The highest BCUT2D eigenvalue weighted by Gasteiger charge is 2.24. The van der Waals surface area contributed by atoms with E-state index < -0.39 is 24.0 Å². The third kappa shape index (κ3) is 5.63. The van der Waals surface area contributed by atoms with Crippen LogP contribution in [0.1, 0.15) is 51.0 Å². The van der Waals surface area contributed by atoms with Crippen LogP contribution < -0.4 is 16.2 Å². The Labute approximate surface area is 168 Å². The maximum absolute atomic E-state index is 12.7. The summed E-state index contributed by atoms with van der Waals surface area (Å²) in [6, 6.07) is 5.77. The molecule has 9 nitrogen and oxygen atoms in total. The second-order valence-electron chi connectivity index (χ2n) is 6.94. The number of hydrogen-bond acceptors (Lipinski definition) is 6. The van der Waals surface area contributed by atoms with Gasteiger partial charge in [-0.2, -0.15) is 5.10 Å². The molecule has 1 heterocycles. The van der Waals surface area contributed by atoms with Crippen molar-refractivity contribution in [3.63, 3.8) is 0 Å². The van der Waals surface area contributed by atoms with Gasteiger partial charge in [-0.3, -0.25) is 14.9 Å². The van der Waals surface area contributed by atoms with Crippen LogP contribution in [-0.4, -0.2) is 39.8 Å². The number of aryl methyl sites for hydroxylation is 1. The lowest BCUT2D eigenvalue weighted by Crippen LogP contribution is -2.46. The number of carbonyl (C=O) groups excluding carboxylic acids is 3. The molecule has 0 spiro atoms. The van der Waals surface area contributed by atoms with Crippen molar-refractivity contribution in [2.24, 2.45) is 0 Å². The highest BCUT2D eigenvalue weighted by Crippen LogP contribution is 2.15. The number of hydrogen-bond donors (Lipinski definition) is 2. The van der Waals surface area contributed by atoms with Gasteiger partial charge in [0, 0.05) is 18.0 Å². The third-order valence-electron chi connectivity index (χ3n) is 4.09. The molecule has 1 aromatic carbocycles. The van der Waals surface area contributed by atoms with E-state index in [1.807, 2.05) is 6.92 Å². The Hall–Kier alpha value is -3.23. The minimum Gasteiger partial charge on any atom is -0.448 e. The van der Waals surface area contributed by atoms with E-state index in [0.717, 1.165) is 12.8 Å². The van der Waals surface area contributed by atoms with Crippen LogP contribution in [0.4, 0.5) is 4.79 Å². The predicted octanol–water partition coefficient (Wildman–Crippen LogP) is 1.98. The normalized spacial score (nSPS) is 11.9. The zero-order chi connectivity index (χ0) is 21.6. The van der Waals surface area contributed by atoms with Crippen LogP contribution >= 0.6 is 0 Å². The molecule has 0 aliphatic carbocycles. The van der Waals surface area contributed by atoms with Crippen LogP contribution in [0.5, 0.6) is 0 Å². The molecule has 0 fully saturated rings. The van der Waals surface area contributed by atoms with Crippen molar-refractivity contribution in [2.45, 2.75) is 59.2 Å². The number of esters is 1. The van der Waals surface area contributed by atoms with Crippen LogP contribution in [-0.2, 0) is 16.1 Å². The largest absolute Gasteiger partial charge is 0.448 e. The molecule has 2 aromatic rings. The molecule has 9 heteroatoms. The molecule has 156 valence electrons. The van der Waals surface area contributed by atoms with E-state index in [1.54, 1.807) is 38.1 Å². The molecule has 0 aliphatic rings. The smallest absolute Gasteiger partial charge is 0.360 e. The molecule has 2 N–H and O–H groups in total. The van der Waals surface area contributed by atoms with Gasteiger partial charge >= 0.3 is 12.0 Å². The summed E-state index contributed by atoms with van der Waals surface area (Å²) in [5.74, 6) is -1.61. The van der Waals surface area contributed by atoms with Crippen molar-refractivity contribution in [3.05, 3.63) is 40.3 Å². The number of amides is 3. The lowest BCUT2D eigenvalue weighted by Gasteiger charge is -2.15. The first-order chi connectivity index (χ1) is 13.7. The molecule has 0 saturated heterocycles. The molecule has 1 aromatic heterocycles. The summed E-state index contributed by atoms with van der Waals surface area (Å²) in [6.07, 6.45) is 0.358. The first-order valence-corrected chi connectivity index (χ1v) is 9.56. The van der Waals surface area contributed by atoms with Gasteiger partial charge in [0.25, 0.3) is 11.5 Å². The van der Waals surface area contributed by atoms with E-state index in [0.29, 0.717) is 17.3 Å². The summed E-state index contributed by atoms with van der Waals surface area (Å²) in [5, 5.41) is 9.48. The summed E-state index contributed by atoms with van der Waals surface area (Å²) in [5.41, 5.74) is -0.343. The molecule has 2 rings (SSSR count). The fourth-order valence-electron chi connectivity index (χ4n) is 2.63. The van der Waals surface area contributed by atoms with Gasteiger partial charge in [-0.05, 0) is 33.3 Å². The average molecular weight is 402 g/mol. The number of rotatable bonds is 7. The number of ether oxygens (including phenoxy) is 1. The standard InChI is InChI=1S/C20H26N4O5/c1-5-6-11-24-18(26)15-10-8-7-9-14(15)16(23-24)19(27)29-13(4)17(25)22-20(28)21-12(2)3/h7-10,12-13H,5-6,11H2,1-4H3,(H2,21,22,25,28)/t13-/m0/s1. The number of imide groups is 1. The van der Waals surface area contributed by atoms with Gasteiger partial charge in [-0.15, -0.1) is 0 Å². The summed E-state index contributed by atoms with van der Waals surface area (Å²) < 4.78 is 6.44. The second kappa shape index (κ2) is 9.81. The van der Waals surface area contributed by atoms with Gasteiger partial charge in [0.2, 0.25) is 0 Å². The Kier molecular flexibility index (Phi) is 7.46. The van der Waals surface area contributed by atoms with E-state index >= 15 is 0 Å². The molecule has 0 unspecified atom stereocenters. The summed E-state index contributed by atoms with van der Waals surface area (Å²) in [7, 11) is 0. The summed E-state index contributed by atoms with van der Waals surface area (Å²) >= 11 is 0. The lowest BCUT2D eigenvalue weighted by atomic mass is 10.1. The van der Waals surface area contributed by atoms with E-state index in [4.69, 9.17) is 4.74 Å². The molecular formula is C20H26N4O5. The van der Waals surface area contributed by atoms with Gasteiger partial charge < -0.3 is 10.1 Å². The van der Waals surface area contributed by atoms with Crippen LogP contribution in [0.15, 0.2) is 29.1 Å². The zero-order valence-electron chi connectivity index (χ0n) is 17.0. The molecule has 0 aliphatic heterocycles. The maximum Gasteiger partial charge on any atom is 0.360 e. The Bertz CT molecular complexity index is 967. The van der Waals surface area contributed by atoms with Crippen LogP contribution in [0, 0.1) is 0 Å². The first-order valence-electron chi connectivity index (χ1n) is 9.56. The molecular weight excluding hydrogens is 376 g/mol. The van der Waals surface area contributed by atoms with Crippen LogP contribution in [0.2, 0.25) is 0 Å². The highest BCUT2D eigenvalue weighted by atomic mass is 16.5. The van der Waals surface area contributed by atoms with E-state index in [2.05, 4.69) is 15.7 Å². The second-order valence-corrected chi connectivity index (χ2v) is 6.94. The minimum atomic E-state index is -1.23. The van der Waals surface area contributed by atoms with Crippen molar-refractivity contribution < 1.29 is 19.1 Å². The van der Waals surface area contributed by atoms with Crippen molar-refractivity contribution in [3.8, 4) is 0 Å². The Morgan fingerprint density at radius 1 is 1.14 bits per heavy atom. The number of nitrogens with zero attached hydrogens (tertiary/aromatic N) is 2. The number of nitrogens with one attached hydrogen (secondary N) is 2. The quantitative estimate of drug-likeness (QED) is 0.684. The molecule has 29 heavy (non-hydrogen) atoms. The predicted molar refractivity (Wildman–Crippen MR) is 108 cm³/mol. The van der Waals surface area contributed by atoms with E-state index in [1.165, 1.54) is 11.6 Å². The van der Waals surface area contributed by atoms with Crippen LogP contribution in [0.25, 0.3) is 10.8 Å². The Morgan fingerprint density at radius 2 is 1.79 bits per heavy atom. The van der Waals surface area contributed by atoms with Crippen molar-refractivity contribution in [1.82, 2.24) is 20.4 Å². The van der Waals surface area contributed by atoms with E-state index in [-0.39, 0.29) is 17.3 Å². The number of fused-ring (bicyclic) bond motifs is 1. The third-order valence-corrected chi connectivity index (χ3v) is 4.09. The molecule has 0 bridgehead atoms. The number of unbranched alkanes of at least 4 members (excludes halogenated alkanes) is 1. The average Bonchev–Trinajstić information content (AvgIpc) is 2.66. The Balaban J connectivity index is 2.25. The number of aromatic nitrogens is 2. The van der Waals surface area contributed by atoms with Gasteiger partial charge in [0.15, 0.2) is 11.8 Å². The highest BCUT2D eigenvalue weighted by molar-refractivity contribution is 6.03. The molecule has 0 radical (unpaired) electrons. The number of carbonyl (C=O) groups is 3. The Morgan fingerprint density at radius 3 is 2.41 bits per heavy atom. The van der Waals surface area contributed by atoms with Crippen LogP contribution in [0.3, 0.4) is 0 Å². The van der Waals surface area contributed by atoms with Gasteiger partial charge in [-0.1, -0.05) is 31.5 Å². The topological polar surface area (TPSA) is 119 Å². The minimum absolute atomic E-state index is 0.0532. The maximum atomic E-state index is 12.7. The summed E-state index contributed by atoms with van der Waals surface area (Å²) in [4.78, 5) is 49.0. The number of benzene rings is 1. The molecule has 3 amide bonds. The fraction of sp³-hybridized carbons (Fsp3) is 0.450. The SMILES string of the molecule is CCCCn1nc(C(=O)O[C@@H](C)C(=O)NC(=O)NC(C)C)c2ccccc2c1=O. The monoisotopic (exact) mass is 402 g/mol. The van der Waals surface area contributed by atoms with Crippen molar-refractivity contribution in [2.75, 3.05) is 0 Å². The molecule has 1 atom stereocenters. The first kappa shape index (κ1) is 22.1. The lowest BCUT2D eigenvalue weighted by molar-refractivity contribution is -0.127. The van der Waals surface area contributed by atoms with Crippen molar-refractivity contribution in [1.29, 1.82) is 0 Å². The molecule has 0 saturated carbocycles. The van der Waals surface area contributed by atoms with Gasteiger partial charge in [0.1, 0.15) is 0 Å². The van der Waals surface area contributed by atoms with Crippen molar-refractivity contribution >= 4 is 28.7 Å². The summed E-state index contributed by atoms with van der Waals surface area (Å²) in [6.45, 7) is 7.20. The van der Waals surface area contributed by atoms with Gasteiger partial charge in [0.05, 0.1) is 5.39 Å². The van der Waals surface area contributed by atoms with Gasteiger partial charge in [-0.25, -0.2) is 14.3 Å². The van der Waals surface area contributed by atoms with E-state index in [9.17, 15) is 19.2 Å². The fourth-order valence-corrected chi connectivity index (χ4v) is 2.63. The zero-order valence-corrected chi connectivity index (χ0v) is 17.0.